The second-order valence-electron chi connectivity index (χ2n) is 6.16. The number of sulfone groups is 1. The summed E-state index contributed by atoms with van der Waals surface area (Å²) in [6.07, 6.45) is 2.10. The Morgan fingerprint density at radius 1 is 1.32 bits per heavy atom. The van der Waals surface area contributed by atoms with Gasteiger partial charge in [-0.05, 0) is 24.6 Å². The maximum Gasteiger partial charge on any atom is 0.248 e. The van der Waals surface area contributed by atoms with Crippen molar-refractivity contribution in [2.24, 2.45) is 4.99 Å². The van der Waals surface area contributed by atoms with Crippen molar-refractivity contribution in [3.8, 4) is 0 Å². The number of carbonyl (C=O) groups excluding carboxylic acids is 1. The first-order chi connectivity index (χ1) is 11.8. The highest BCUT2D eigenvalue weighted by molar-refractivity contribution is 8.16. The fourth-order valence-electron chi connectivity index (χ4n) is 2.99. The van der Waals surface area contributed by atoms with Gasteiger partial charge in [-0.2, -0.15) is 4.99 Å². The van der Waals surface area contributed by atoms with Gasteiger partial charge in [0, 0.05) is 17.4 Å². The second kappa shape index (κ2) is 7.47. The normalized spacial score (nSPS) is 26.2. The molecule has 2 heterocycles. The number of halogens is 2. The van der Waals surface area contributed by atoms with E-state index < -0.39 is 9.84 Å². The zero-order chi connectivity index (χ0) is 18.2. The summed E-state index contributed by atoms with van der Waals surface area (Å²) in [5, 5.41) is 1.22. The topological polar surface area (TPSA) is 66.8 Å². The molecule has 25 heavy (non-hydrogen) atoms. The molecule has 0 spiro atoms. The van der Waals surface area contributed by atoms with Gasteiger partial charge < -0.3 is 4.90 Å². The van der Waals surface area contributed by atoms with E-state index in [1.54, 1.807) is 18.2 Å². The number of nitrogens with zero attached hydrogens (tertiary/aromatic N) is 2. The number of amidine groups is 1. The lowest BCUT2D eigenvalue weighted by molar-refractivity contribution is -0.117. The Morgan fingerprint density at radius 3 is 2.76 bits per heavy atom. The largest absolute Gasteiger partial charge is 0.316 e. The van der Waals surface area contributed by atoms with Gasteiger partial charge in [0.1, 0.15) is 0 Å². The summed E-state index contributed by atoms with van der Waals surface area (Å²) >= 11 is 13.5. The number of aliphatic imine (C=N–C) groups is 1. The predicted octanol–water partition coefficient (Wildman–Crippen LogP) is 3.79. The van der Waals surface area contributed by atoms with Gasteiger partial charge in [0.25, 0.3) is 0 Å². The third kappa shape index (κ3) is 4.15. The first-order valence-electron chi connectivity index (χ1n) is 8.03. The number of benzene rings is 1. The van der Waals surface area contributed by atoms with Crippen molar-refractivity contribution < 1.29 is 13.2 Å². The standard InChI is InChI=1S/C16H18Cl2N2O3S2/c1-2-3-4-15(21)19-16-20(10-5-6-11(17)12(18)7-10)13-8-25(22,23)9-14(13)24-16/h5-7,13-14H,2-4,8-9H2,1H3. The van der Waals surface area contributed by atoms with E-state index in [1.807, 2.05) is 11.8 Å². The summed E-state index contributed by atoms with van der Waals surface area (Å²) in [7, 11) is -3.09. The Bertz CT molecular complexity index is 827. The van der Waals surface area contributed by atoms with Crippen molar-refractivity contribution in [1.82, 2.24) is 0 Å². The highest BCUT2D eigenvalue weighted by atomic mass is 35.5. The number of amides is 1. The maximum atomic E-state index is 12.1. The van der Waals surface area contributed by atoms with Crippen molar-refractivity contribution >= 4 is 61.6 Å². The van der Waals surface area contributed by atoms with Crippen molar-refractivity contribution in [2.45, 2.75) is 37.5 Å². The molecule has 2 aliphatic rings. The molecule has 1 amide bonds. The van der Waals surface area contributed by atoms with E-state index in [2.05, 4.69) is 4.99 Å². The number of carbonyl (C=O) groups is 1. The fraction of sp³-hybridized carbons (Fsp3) is 0.500. The molecule has 0 saturated carbocycles. The maximum absolute atomic E-state index is 12.1. The molecule has 2 fully saturated rings. The van der Waals surface area contributed by atoms with Crippen LogP contribution in [0.3, 0.4) is 0 Å². The van der Waals surface area contributed by atoms with Gasteiger partial charge in [0.2, 0.25) is 5.91 Å². The van der Waals surface area contributed by atoms with Gasteiger partial charge in [0.15, 0.2) is 15.0 Å². The van der Waals surface area contributed by atoms with Crippen LogP contribution < -0.4 is 4.90 Å². The van der Waals surface area contributed by atoms with Crippen molar-refractivity contribution in [3.05, 3.63) is 28.2 Å². The number of fused-ring (bicyclic) bond motifs is 1. The van der Waals surface area contributed by atoms with Crippen LogP contribution in [0.1, 0.15) is 26.2 Å². The molecule has 2 aliphatic heterocycles. The quantitative estimate of drug-likeness (QED) is 0.740. The zero-order valence-corrected chi connectivity index (χ0v) is 16.8. The average molecular weight is 421 g/mol. The van der Waals surface area contributed by atoms with E-state index in [4.69, 9.17) is 23.2 Å². The molecule has 1 aromatic carbocycles. The fourth-order valence-corrected chi connectivity index (χ4v) is 7.22. The van der Waals surface area contributed by atoms with Crippen LogP contribution in [0.5, 0.6) is 0 Å². The number of hydrogen-bond acceptors (Lipinski definition) is 4. The zero-order valence-electron chi connectivity index (χ0n) is 13.6. The van der Waals surface area contributed by atoms with Gasteiger partial charge in [-0.15, -0.1) is 0 Å². The van der Waals surface area contributed by atoms with Crippen LogP contribution in [0, 0.1) is 0 Å². The SMILES string of the molecule is CCCCC(=O)N=C1SC2CS(=O)(=O)CC2N1c1ccc(Cl)c(Cl)c1. The summed E-state index contributed by atoms with van der Waals surface area (Å²) in [6.45, 7) is 2.02. The van der Waals surface area contributed by atoms with Crippen molar-refractivity contribution in [3.63, 3.8) is 0 Å². The van der Waals surface area contributed by atoms with Crippen LogP contribution in [-0.4, -0.2) is 42.3 Å². The summed E-state index contributed by atoms with van der Waals surface area (Å²) < 4.78 is 24.0. The van der Waals surface area contributed by atoms with Crippen LogP contribution in [0.4, 0.5) is 5.69 Å². The number of thioether (sulfide) groups is 1. The molecule has 1 aromatic rings. The third-order valence-corrected chi connectivity index (χ3v) is 8.16. The monoisotopic (exact) mass is 420 g/mol. The Hall–Kier alpha value is -0.760. The molecule has 2 unspecified atom stereocenters. The number of hydrogen-bond donors (Lipinski definition) is 0. The summed E-state index contributed by atoms with van der Waals surface area (Å²) in [6, 6.07) is 4.87. The van der Waals surface area contributed by atoms with Crippen LogP contribution in [0.25, 0.3) is 0 Å². The molecule has 5 nitrogen and oxygen atoms in total. The van der Waals surface area contributed by atoms with E-state index in [1.165, 1.54) is 11.8 Å². The van der Waals surface area contributed by atoms with Crippen LogP contribution in [0.2, 0.25) is 10.0 Å². The minimum atomic E-state index is -3.09. The lowest BCUT2D eigenvalue weighted by Crippen LogP contribution is -2.37. The first-order valence-corrected chi connectivity index (χ1v) is 11.5. The molecule has 9 heteroatoms. The van der Waals surface area contributed by atoms with E-state index >= 15 is 0 Å². The van der Waals surface area contributed by atoms with E-state index in [0.717, 1.165) is 12.8 Å². The Morgan fingerprint density at radius 2 is 2.08 bits per heavy atom. The van der Waals surface area contributed by atoms with E-state index in [0.29, 0.717) is 27.3 Å². The van der Waals surface area contributed by atoms with Gasteiger partial charge in [-0.25, -0.2) is 8.42 Å². The molecular formula is C16H18Cl2N2O3S2. The second-order valence-corrected chi connectivity index (χ2v) is 10.3. The molecule has 0 aromatic heterocycles. The van der Waals surface area contributed by atoms with Crippen LogP contribution in [-0.2, 0) is 14.6 Å². The number of rotatable bonds is 4. The minimum absolute atomic E-state index is 0.0487. The van der Waals surface area contributed by atoms with Gasteiger partial charge in [-0.1, -0.05) is 48.3 Å². The third-order valence-electron chi connectivity index (χ3n) is 4.21. The summed E-state index contributed by atoms with van der Waals surface area (Å²) in [5.74, 6) is -0.0349. The molecule has 0 N–H and O–H groups in total. The summed E-state index contributed by atoms with van der Waals surface area (Å²) in [4.78, 5) is 18.2. The minimum Gasteiger partial charge on any atom is -0.316 e. The van der Waals surface area contributed by atoms with Gasteiger partial charge in [-0.3, -0.25) is 4.79 Å². The highest BCUT2D eigenvalue weighted by Gasteiger charge is 2.49. The van der Waals surface area contributed by atoms with E-state index in [-0.39, 0.29) is 28.7 Å². The summed E-state index contributed by atoms with van der Waals surface area (Å²) in [5.41, 5.74) is 0.702. The van der Waals surface area contributed by atoms with E-state index in [9.17, 15) is 13.2 Å². The lowest BCUT2D eigenvalue weighted by atomic mass is 10.2. The van der Waals surface area contributed by atoms with Crippen LogP contribution in [0.15, 0.2) is 23.2 Å². The molecule has 2 saturated heterocycles. The first kappa shape index (κ1) is 19.0. The lowest BCUT2D eigenvalue weighted by Gasteiger charge is -2.24. The Labute approximate surface area is 161 Å². The number of anilines is 1. The molecule has 136 valence electrons. The Balaban J connectivity index is 1.96. The highest BCUT2D eigenvalue weighted by Crippen LogP contribution is 2.42. The average Bonchev–Trinajstić information content (AvgIpc) is 2.99. The van der Waals surface area contributed by atoms with Crippen LogP contribution >= 0.6 is 35.0 Å². The molecule has 0 radical (unpaired) electrons. The molecular weight excluding hydrogens is 403 g/mol. The number of unbranched alkanes of at least 4 members (excludes halogenated alkanes) is 1. The molecule has 0 aliphatic carbocycles. The molecule has 0 bridgehead atoms. The Kier molecular flexibility index (Phi) is 5.68. The molecule has 2 atom stereocenters. The predicted molar refractivity (Wildman–Crippen MR) is 105 cm³/mol. The smallest absolute Gasteiger partial charge is 0.248 e. The van der Waals surface area contributed by atoms with Gasteiger partial charge in [0.05, 0.1) is 27.6 Å². The van der Waals surface area contributed by atoms with Gasteiger partial charge >= 0.3 is 0 Å². The molecule has 3 rings (SSSR count). The van der Waals surface area contributed by atoms with Crippen molar-refractivity contribution in [2.75, 3.05) is 16.4 Å². The van der Waals surface area contributed by atoms with Crippen molar-refractivity contribution in [1.29, 1.82) is 0 Å².